The zero-order chi connectivity index (χ0) is 13.7. The lowest BCUT2D eigenvalue weighted by atomic mass is 10.2. The van der Waals surface area contributed by atoms with E-state index in [1.54, 1.807) is 0 Å². The highest BCUT2D eigenvalue weighted by Gasteiger charge is 2.17. The molecule has 0 aliphatic rings. The van der Waals surface area contributed by atoms with Crippen molar-refractivity contribution in [2.45, 2.75) is 26.3 Å². The molecule has 100 valence electrons. The molecule has 0 aromatic carbocycles. The molecule has 0 radical (unpaired) electrons. The van der Waals surface area contributed by atoms with Gasteiger partial charge in [0.05, 0.1) is 19.6 Å². The number of hydrogen-bond acceptors (Lipinski definition) is 6. The highest BCUT2D eigenvalue weighted by atomic mass is 16.5. The van der Waals surface area contributed by atoms with Crippen molar-refractivity contribution in [3.63, 3.8) is 0 Å². The van der Waals surface area contributed by atoms with Crippen molar-refractivity contribution >= 4 is 11.9 Å². The van der Waals surface area contributed by atoms with Crippen molar-refractivity contribution in [1.82, 2.24) is 15.0 Å². The molecule has 3 N–H and O–H groups in total. The standard InChI is InChI=1S/C10H16N4O4/c1-6(2)10-12-8(18-13-10)4-14(3-7(11)15)5-9(16)17/h6H,3-5H2,1-2H3,(H2,11,15)(H,16,17). The van der Waals surface area contributed by atoms with Crippen LogP contribution in [-0.4, -0.2) is 45.1 Å². The molecule has 0 unspecified atom stereocenters. The Hall–Kier alpha value is -1.96. The first-order valence-electron chi connectivity index (χ1n) is 5.43. The van der Waals surface area contributed by atoms with Crippen molar-refractivity contribution in [3.05, 3.63) is 11.7 Å². The number of carbonyl (C=O) groups is 2. The van der Waals surface area contributed by atoms with Crippen LogP contribution < -0.4 is 5.73 Å². The van der Waals surface area contributed by atoms with Crippen molar-refractivity contribution < 1.29 is 19.2 Å². The minimum absolute atomic E-state index is 0.0783. The number of carbonyl (C=O) groups excluding carboxylic acids is 1. The van der Waals surface area contributed by atoms with Crippen molar-refractivity contribution in [2.75, 3.05) is 13.1 Å². The number of hydrogen-bond donors (Lipinski definition) is 2. The first-order valence-corrected chi connectivity index (χ1v) is 5.43. The molecular formula is C10H16N4O4. The maximum Gasteiger partial charge on any atom is 0.317 e. The Morgan fingerprint density at radius 2 is 2.11 bits per heavy atom. The largest absolute Gasteiger partial charge is 0.480 e. The van der Waals surface area contributed by atoms with Gasteiger partial charge in [-0.25, -0.2) is 0 Å². The molecule has 0 saturated heterocycles. The third-order valence-corrected chi connectivity index (χ3v) is 2.10. The molecule has 8 heteroatoms. The molecule has 1 rings (SSSR count). The lowest BCUT2D eigenvalue weighted by Crippen LogP contribution is -2.36. The second-order valence-corrected chi connectivity index (χ2v) is 4.21. The van der Waals surface area contributed by atoms with Gasteiger partial charge < -0.3 is 15.4 Å². The molecule has 8 nitrogen and oxygen atoms in total. The highest BCUT2D eigenvalue weighted by molar-refractivity contribution is 5.77. The van der Waals surface area contributed by atoms with E-state index in [0.29, 0.717) is 5.82 Å². The molecule has 1 aromatic heterocycles. The summed E-state index contributed by atoms with van der Waals surface area (Å²) in [7, 11) is 0. The van der Waals surface area contributed by atoms with Gasteiger partial charge in [0, 0.05) is 5.92 Å². The second kappa shape index (κ2) is 6.10. The molecule has 0 aliphatic heterocycles. The Labute approximate surface area is 104 Å². The maximum absolute atomic E-state index is 10.8. The lowest BCUT2D eigenvalue weighted by molar-refractivity contribution is -0.138. The van der Waals surface area contributed by atoms with E-state index in [-0.39, 0.29) is 31.4 Å². The number of amides is 1. The van der Waals surface area contributed by atoms with E-state index in [2.05, 4.69) is 10.1 Å². The van der Waals surface area contributed by atoms with Crippen LogP contribution in [0.3, 0.4) is 0 Å². The summed E-state index contributed by atoms with van der Waals surface area (Å²) in [4.78, 5) is 26.9. The normalized spacial score (nSPS) is 11.1. The molecule has 0 atom stereocenters. The molecule has 1 aromatic rings. The van der Waals surface area contributed by atoms with Crippen molar-refractivity contribution in [3.8, 4) is 0 Å². The smallest absolute Gasteiger partial charge is 0.317 e. The minimum Gasteiger partial charge on any atom is -0.480 e. The Balaban J connectivity index is 2.68. The minimum atomic E-state index is -1.06. The fraction of sp³-hybridized carbons (Fsp3) is 0.600. The van der Waals surface area contributed by atoms with E-state index >= 15 is 0 Å². The second-order valence-electron chi connectivity index (χ2n) is 4.21. The van der Waals surface area contributed by atoms with Gasteiger partial charge in [-0.1, -0.05) is 19.0 Å². The average Bonchev–Trinajstić information content (AvgIpc) is 2.63. The maximum atomic E-state index is 10.8. The molecule has 0 saturated carbocycles. The van der Waals surface area contributed by atoms with Crippen LogP contribution in [0.15, 0.2) is 4.52 Å². The Kier molecular flexibility index (Phi) is 4.78. The average molecular weight is 256 g/mol. The Morgan fingerprint density at radius 1 is 1.44 bits per heavy atom. The zero-order valence-corrected chi connectivity index (χ0v) is 10.3. The summed E-state index contributed by atoms with van der Waals surface area (Å²) >= 11 is 0. The SMILES string of the molecule is CC(C)c1noc(CN(CC(N)=O)CC(=O)O)n1. The van der Waals surface area contributed by atoms with Gasteiger partial charge in [0.1, 0.15) is 0 Å². The number of nitrogens with two attached hydrogens (primary N) is 1. The van der Waals surface area contributed by atoms with Gasteiger partial charge in [-0.3, -0.25) is 14.5 Å². The quantitative estimate of drug-likeness (QED) is 0.678. The number of aliphatic carboxylic acids is 1. The topological polar surface area (TPSA) is 123 Å². The first-order chi connectivity index (χ1) is 8.38. The number of carboxylic acids is 1. The van der Waals surface area contributed by atoms with Crippen LogP contribution in [0.2, 0.25) is 0 Å². The van der Waals surface area contributed by atoms with Crippen LogP contribution in [0.25, 0.3) is 0 Å². The molecule has 0 spiro atoms. The summed E-state index contributed by atoms with van der Waals surface area (Å²) in [6, 6.07) is 0. The van der Waals surface area contributed by atoms with Gasteiger partial charge in [-0.05, 0) is 0 Å². The zero-order valence-electron chi connectivity index (χ0n) is 10.3. The predicted molar refractivity (Wildman–Crippen MR) is 60.5 cm³/mol. The molecule has 1 amide bonds. The van der Waals surface area contributed by atoms with Crippen LogP contribution in [0, 0.1) is 0 Å². The molecule has 0 fully saturated rings. The van der Waals surface area contributed by atoms with Crippen LogP contribution in [0.5, 0.6) is 0 Å². The lowest BCUT2D eigenvalue weighted by Gasteiger charge is -2.15. The van der Waals surface area contributed by atoms with Gasteiger partial charge in [0.25, 0.3) is 0 Å². The van der Waals surface area contributed by atoms with Crippen LogP contribution >= 0.6 is 0 Å². The van der Waals surface area contributed by atoms with Crippen molar-refractivity contribution in [2.24, 2.45) is 5.73 Å². The van der Waals surface area contributed by atoms with Crippen molar-refractivity contribution in [1.29, 1.82) is 0 Å². The van der Waals surface area contributed by atoms with E-state index in [4.69, 9.17) is 15.4 Å². The fourth-order valence-electron chi connectivity index (χ4n) is 1.34. The highest BCUT2D eigenvalue weighted by Crippen LogP contribution is 2.10. The van der Waals surface area contributed by atoms with Gasteiger partial charge in [-0.2, -0.15) is 4.98 Å². The monoisotopic (exact) mass is 256 g/mol. The molecule has 1 heterocycles. The molecule has 0 aliphatic carbocycles. The number of aromatic nitrogens is 2. The summed E-state index contributed by atoms with van der Waals surface area (Å²) in [6.07, 6.45) is 0. The van der Waals surface area contributed by atoms with Gasteiger partial charge in [-0.15, -0.1) is 0 Å². The van der Waals surface area contributed by atoms with Gasteiger partial charge >= 0.3 is 5.97 Å². The van der Waals surface area contributed by atoms with E-state index in [1.165, 1.54) is 4.90 Å². The Bertz CT molecular complexity index is 413. The summed E-state index contributed by atoms with van der Waals surface area (Å²) in [5.41, 5.74) is 5.04. The summed E-state index contributed by atoms with van der Waals surface area (Å²) in [5.74, 6) is -0.744. The first kappa shape index (κ1) is 14.1. The van der Waals surface area contributed by atoms with Crippen LogP contribution in [0.4, 0.5) is 0 Å². The Morgan fingerprint density at radius 3 is 2.56 bits per heavy atom. The third kappa shape index (κ3) is 4.50. The van der Waals surface area contributed by atoms with E-state index in [0.717, 1.165) is 0 Å². The molecule has 18 heavy (non-hydrogen) atoms. The van der Waals surface area contributed by atoms with Crippen LogP contribution in [-0.2, 0) is 16.1 Å². The third-order valence-electron chi connectivity index (χ3n) is 2.10. The van der Waals surface area contributed by atoms with Crippen LogP contribution in [0.1, 0.15) is 31.5 Å². The van der Waals surface area contributed by atoms with E-state index in [9.17, 15) is 9.59 Å². The number of rotatable bonds is 7. The van der Waals surface area contributed by atoms with Gasteiger partial charge in [0.15, 0.2) is 5.82 Å². The number of nitrogens with zero attached hydrogens (tertiary/aromatic N) is 3. The number of carboxylic acid groups (broad SMARTS) is 1. The molecule has 0 bridgehead atoms. The summed E-state index contributed by atoms with van der Waals surface area (Å²) in [5, 5.41) is 12.5. The van der Waals surface area contributed by atoms with Gasteiger partial charge in [0.2, 0.25) is 11.8 Å². The molecular weight excluding hydrogens is 240 g/mol. The van der Waals surface area contributed by atoms with E-state index in [1.807, 2.05) is 13.8 Å². The fourth-order valence-corrected chi connectivity index (χ4v) is 1.34. The summed E-state index contributed by atoms with van der Waals surface area (Å²) in [6.45, 7) is 3.41. The number of primary amides is 1. The predicted octanol–water partition coefficient (Wildman–Crippen LogP) is -0.435. The van der Waals surface area contributed by atoms with E-state index < -0.39 is 11.9 Å². The summed E-state index contributed by atoms with van der Waals surface area (Å²) < 4.78 is 4.97.